The van der Waals surface area contributed by atoms with Crippen LogP contribution >= 0.6 is 15.9 Å². The maximum Gasteiger partial charge on any atom is 0.327 e. The van der Waals surface area contributed by atoms with Gasteiger partial charge in [0.2, 0.25) is 0 Å². The molecule has 0 heterocycles. The molecule has 0 amide bonds. The first-order valence-electron chi connectivity index (χ1n) is 6.42. The number of halogens is 2. The van der Waals surface area contributed by atoms with Crippen molar-refractivity contribution in [1.82, 2.24) is 5.32 Å². The summed E-state index contributed by atoms with van der Waals surface area (Å²) in [6, 6.07) is 13.3. The lowest BCUT2D eigenvalue weighted by Crippen LogP contribution is -2.29. The van der Waals surface area contributed by atoms with Gasteiger partial charge in [-0.3, -0.25) is 5.32 Å². The monoisotopic (exact) mass is 351 g/mol. The fourth-order valence-corrected chi connectivity index (χ4v) is 2.57. The Morgan fingerprint density at radius 2 is 2.00 bits per heavy atom. The van der Waals surface area contributed by atoms with Gasteiger partial charge in [0, 0.05) is 11.0 Å². The first-order chi connectivity index (χ1) is 10.1. The summed E-state index contributed by atoms with van der Waals surface area (Å²) in [5, 5.41) is 3.14. The molecule has 1 unspecified atom stereocenters. The topological polar surface area (TPSA) is 38.3 Å². The van der Waals surface area contributed by atoms with Crippen LogP contribution in [-0.4, -0.2) is 13.1 Å². The first-order valence-corrected chi connectivity index (χ1v) is 7.21. The summed E-state index contributed by atoms with van der Waals surface area (Å²) >= 11 is 3.28. The minimum absolute atomic E-state index is 0.364. The van der Waals surface area contributed by atoms with Gasteiger partial charge in [-0.25, -0.2) is 9.18 Å². The zero-order chi connectivity index (χ0) is 15.2. The molecule has 0 aliphatic carbocycles. The van der Waals surface area contributed by atoms with Crippen molar-refractivity contribution in [2.45, 2.75) is 12.6 Å². The van der Waals surface area contributed by atoms with E-state index in [0.29, 0.717) is 16.6 Å². The molecule has 110 valence electrons. The smallest absolute Gasteiger partial charge is 0.327 e. The summed E-state index contributed by atoms with van der Waals surface area (Å²) in [5.74, 6) is -0.782. The van der Waals surface area contributed by atoms with E-state index in [1.807, 2.05) is 30.3 Å². The highest BCUT2D eigenvalue weighted by molar-refractivity contribution is 9.10. The van der Waals surface area contributed by atoms with Crippen LogP contribution in [0.25, 0.3) is 0 Å². The van der Waals surface area contributed by atoms with E-state index in [2.05, 4.69) is 21.2 Å². The highest BCUT2D eigenvalue weighted by Gasteiger charge is 2.23. The quantitative estimate of drug-likeness (QED) is 0.836. The molecular formula is C16H15BrFNO2. The van der Waals surface area contributed by atoms with Gasteiger partial charge < -0.3 is 4.74 Å². The lowest BCUT2D eigenvalue weighted by atomic mass is 10.1. The van der Waals surface area contributed by atoms with Crippen molar-refractivity contribution in [3.8, 4) is 0 Å². The van der Waals surface area contributed by atoms with E-state index < -0.39 is 12.0 Å². The zero-order valence-corrected chi connectivity index (χ0v) is 13.1. The van der Waals surface area contributed by atoms with E-state index in [9.17, 15) is 9.18 Å². The summed E-state index contributed by atoms with van der Waals surface area (Å²) in [6.45, 7) is 0.504. The molecule has 0 fully saturated rings. The number of methoxy groups -OCH3 is 1. The Labute approximate surface area is 131 Å². The van der Waals surface area contributed by atoms with Crippen molar-refractivity contribution in [2.75, 3.05) is 7.11 Å². The molecule has 0 aliphatic heterocycles. The summed E-state index contributed by atoms with van der Waals surface area (Å²) in [5.41, 5.74) is 1.68. The molecular weight excluding hydrogens is 337 g/mol. The lowest BCUT2D eigenvalue weighted by Gasteiger charge is -2.18. The van der Waals surface area contributed by atoms with Crippen LogP contribution in [0, 0.1) is 5.82 Å². The number of esters is 1. The number of carbonyl (C=O) groups excluding carboxylic acids is 1. The maximum atomic E-state index is 13.2. The zero-order valence-electron chi connectivity index (χ0n) is 11.5. The molecule has 0 spiro atoms. The van der Waals surface area contributed by atoms with Gasteiger partial charge in [0.1, 0.15) is 11.9 Å². The summed E-state index contributed by atoms with van der Waals surface area (Å²) in [7, 11) is 1.33. The number of rotatable bonds is 5. The first kappa shape index (κ1) is 15.7. The molecule has 0 radical (unpaired) electrons. The molecule has 0 saturated heterocycles. The molecule has 3 nitrogen and oxygen atoms in total. The fourth-order valence-electron chi connectivity index (χ4n) is 1.99. The van der Waals surface area contributed by atoms with Crippen LogP contribution in [0.4, 0.5) is 4.39 Å². The van der Waals surface area contributed by atoms with Gasteiger partial charge in [-0.15, -0.1) is 0 Å². The van der Waals surface area contributed by atoms with Gasteiger partial charge in [-0.2, -0.15) is 0 Å². The van der Waals surface area contributed by atoms with E-state index in [1.54, 1.807) is 6.07 Å². The molecule has 2 aromatic carbocycles. The Kier molecular flexibility index (Phi) is 5.47. The number of hydrogen-bond donors (Lipinski definition) is 1. The molecule has 2 aromatic rings. The third-order valence-corrected chi connectivity index (χ3v) is 3.75. The average molecular weight is 352 g/mol. The van der Waals surface area contributed by atoms with Crippen LogP contribution in [-0.2, 0) is 16.1 Å². The summed E-state index contributed by atoms with van der Waals surface area (Å²) in [4.78, 5) is 12.0. The summed E-state index contributed by atoms with van der Waals surface area (Å²) < 4.78 is 18.5. The Balaban J connectivity index is 2.20. The van der Waals surface area contributed by atoms with Crippen LogP contribution in [0.15, 0.2) is 53.0 Å². The molecule has 0 saturated carbocycles. The molecule has 0 aromatic heterocycles. The number of benzene rings is 2. The van der Waals surface area contributed by atoms with Crippen LogP contribution in [0.1, 0.15) is 17.2 Å². The third-order valence-electron chi connectivity index (χ3n) is 3.06. The highest BCUT2D eigenvalue weighted by Crippen LogP contribution is 2.25. The maximum absolute atomic E-state index is 13.2. The van der Waals surface area contributed by atoms with Crippen LogP contribution in [0.5, 0.6) is 0 Å². The van der Waals surface area contributed by atoms with Crippen molar-refractivity contribution in [2.24, 2.45) is 0 Å². The lowest BCUT2D eigenvalue weighted by molar-refractivity contribution is -0.143. The number of nitrogens with one attached hydrogen (secondary N) is 1. The van der Waals surface area contributed by atoms with Crippen molar-refractivity contribution >= 4 is 21.9 Å². The Morgan fingerprint density at radius 3 is 2.62 bits per heavy atom. The van der Waals surface area contributed by atoms with Crippen molar-refractivity contribution < 1.29 is 13.9 Å². The van der Waals surface area contributed by atoms with Gasteiger partial charge in [0.25, 0.3) is 0 Å². The molecule has 1 N–H and O–H groups in total. The van der Waals surface area contributed by atoms with Gasteiger partial charge >= 0.3 is 5.97 Å². The largest absolute Gasteiger partial charge is 0.468 e. The minimum Gasteiger partial charge on any atom is -0.468 e. The van der Waals surface area contributed by atoms with Gasteiger partial charge in [0.15, 0.2) is 0 Å². The van der Waals surface area contributed by atoms with Gasteiger partial charge in [-0.05, 0) is 23.3 Å². The van der Waals surface area contributed by atoms with Crippen LogP contribution < -0.4 is 5.32 Å². The van der Waals surface area contributed by atoms with Crippen molar-refractivity contribution in [3.05, 3.63) is 69.9 Å². The van der Waals surface area contributed by atoms with Gasteiger partial charge in [0.05, 0.1) is 7.11 Å². The average Bonchev–Trinajstić information content (AvgIpc) is 2.50. The standard InChI is InChI=1S/C16H15BrFNO2/c1-21-16(20)15(13-8-7-12(18)9-14(13)17)19-10-11-5-3-2-4-6-11/h2-9,15,19H,10H2,1H3. The van der Waals surface area contributed by atoms with E-state index in [4.69, 9.17) is 4.74 Å². The van der Waals surface area contributed by atoms with Crippen molar-refractivity contribution in [3.63, 3.8) is 0 Å². The predicted octanol–water partition coefficient (Wildman–Crippen LogP) is 3.59. The van der Waals surface area contributed by atoms with Crippen molar-refractivity contribution in [1.29, 1.82) is 0 Å². The van der Waals surface area contributed by atoms with E-state index in [0.717, 1.165) is 5.56 Å². The third kappa shape index (κ3) is 4.12. The second-order valence-corrected chi connectivity index (χ2v) is 5.34. The minimum atomic E-state index is -0.662. The van der Waals surface area contributed by atoms with Gasteiger partial charge in [-0.1, -0.05) is 52.3 Å². The Morgan fingerprint density at radius 1 is 1.29 bits per heavy atom. The molecule has 1 atom stereocenters. The Bertz CT molecular complexity index is 619. The second-order valence-electron chi connectivity index (χ2n) is 4.49. The highest BCUT2D eigenvalue weighted by atomic mass is 79.9. The Hall–Kier alpha value is -1.72. The number of carbonyl (C=O) groups is 1. The number of ether oxygens (including phenoxy) is 1. The number of hydrogen-bond acceptors (Lipinski definition) is 3. The summed E-state index contributed by atoms with van der Waals surface area (Å²) in [6.07, 6.45) is 0. The molecule has 0 bridgehead atoms. The molecule has 0 aliphatic rings. The molecule has 21 heavy (non-hydrogen) atoms. The molecule has 2 rings (SSSR count). The normalized spacial score (nSPS) is 12.0. The van der Waals surface area contributed by atoms with E-state index in [1.165, 1.54) is 19.2 Å². The van der Waals surface area contributed by atoms with Crippen LogP contribution in [0.2, 0.25) is 0 Å². The van der Waals surface area contributed by atoms with E-state index in [-0.39, 0.29) is 5.82 Å². The SMILES string of the molecule is COC(=O)C(NCc1ccccc1)c1ccc(F)cc1Br. The molecule has 5 heteroatoms. The fraction of sp³-hybridized carbons (Fsp3) is 0.188. The second kappa shape index (κ2) is 7.33. The van der Waals surface area contributed by atoms with E-state index >= 15 is 0 Å². The predicted molar refractivity (Wildman–Crippen MR) is 82.1 cm³/mol. The van der Waals surface area contributed by atoms with Crippen LogP contribution in [0.3, 0.4) is 0 Å².